The van der Waals surface area contributed by atoms with Gasteiger partial charge in [-0.25, -0.2) is 15.0 Å². The number of hydrogen-bond acceptors (Lipinski definition) is 6. The van der Waals surface area contributed by atoms with Gasteiger partial charge in [0.25, 0.3) is 0 Å². The maximum atomic E-state index is 6.82. The summed E-state index contributed by atoms with van der Waals surface area (Å²) in [6, 6.07) is 65.0. The van der Waals surface area contributed by atoms with E-state index in [1.54, 1.807) is 22.7 Å². The quantitative estimate of drug-likeness (QED) is 0.177. The molecule has 62 heavy (non-hydrogen) atoms. The molecular formula is C55H30N4OS2. The van der Waals surface area contributed by atoms with E-state index in [4.69, 9.17) is 19.4 Å². The fourth-order valence-electron chi connectivity index (χ4n) is 9.53. The highest BCUT2D eigenvalue weighted by molar-refractivity contribution is 7.26. The smallest absolute Gasteiger partial charge is 0.167 e. The van der Waals surface area contributed by atoms with Crippen LogP contribution in [0.5, 0.6) is 0 Å². The summed E-state index contributed by atoms with van der Waals surface area (Å²) in [5, 5.41) is 11.7. The highest BCUT2D eigenvalue weighted by Gasteiger charge is 2.22. The van der Waals surface area contributed by atoms with Gasteiger partial charge in [0.2, 0.25) is 0 Å². The molecule has 0 radical (unpaired) electrons. The Hall–Kier alpha value is -7.71. The molecule has 0 amide bonds. The third-order valence-corrected chi connectivity index (χ3v) is 14.7. The molecule has 0 saturated carbocycles. The molecule has 14 aromatic rings. The molecule has 0 unspecified atom stereocenters. The molecule has 0 aliphatic carbocycles. The Morgan fingerprint density at radius 2 is 0.919 bits per heavy atom. The topological polar surface area (TPSA) is 56.7 Å². The lowest BCUT2D eigenvalue weighted by molar-refractivity contribution is 0.669. The van der Waals surface area contributed by atoms with Crippen LogP contribution in [0.3, 0.4) is 0 Å². The minimum Gasteiger partial charge on any atom is -0.455 e. The zero-order valence-electron chi connectivity index (χ0n) is 32.8. The highest BCUT2D eigenvalue weighted by atomic mass is 32.1. The molecule has 0 spiro atoms. The molecule has 0 N–H and O–H groups in total. The second-order valence-electron chi connectivity index (χ2n) is 16.0. The van der Waals surface area contributed by atoms with Gasteiger partial charge in [0, 0.05) is 78.7 Å². The second-order valence-corrected chi connectivity index (χ2v) is 18.1. The van der Waals surface area contributed by atoms with Gasteiger partial charge in [0.1, 0.15) is 11.2 Å². The summed E-state index contributed by atoms with van der Waals surface area (Å²) in [7, 11) is 0. The summed E-state index contributed by atoms with van der Waals surface area (Å²) in [5.74, 6) is 1.76. The number of fused-ring (bicyclic) bond motifs is 13. The molecule has 0 atom stereocenters. The molecule has 0 saturated heterocycles. The number of rotatable bonds is 4. The summed E-state index contributed by atoms with van der Waals surface area (Å²) < 4.78 is 14.2. The molecule has 0 aliphatic heterocycles. The first kappa shape index (κ1) is 34.0. The summed E-state index contributed by atoms with van der Waals surface area (Å²) >= 11 is 3.61. The predicted molar refractivity (Wildman–Crippen MR) is 261 cm³/mol. The average molecular weight is 827 g/mol. The monoisotopic (exact) mass is 826 g/mol. The van der Waals surface area contributed by atoms with Gasteiger partial charge in [-0.3, -0.25) is 0 Å². The Morgan fingerprint density at radius 1 is 0.371 bits per heavy atom. The van der Waals surface area contributed by atoms with Crippen molar-refractivity contribution < 1.29 is 4.42 Å². The fraction of sp³-hybridized carbons (Fsp3) is 0. The van der Waals surface area contributed by atoms with Crippen molar-refractivity contribution in [2.24, 2.45) is 0 Å². The van der Waals surface area contributed by atoms with Crippen LogP contribution in [-0.2, 0) is 0 Å². The van der Waals surface area contributed by atoms with E-state index in [0.29, 0.717) is 17.5 Å². The Bertz CT molecular complexity index is 4060. The predicted octanol–water partition coefficient (Wildman–Crippen LogP) is 15.8. The van der Waals surface area contributed by atoms with E-state index in [2.05, 4.69) is 174 Å². The van der Waals surface area contributed by atoms with Gasteiger partial charge in [0.15, 0.2) is 17.5 Å². The molecule has 14 rings (SSSR count). The van der Waals surface area contributed by atoms with Crippen molar-refractivity contribution in [2.75, 3.05) is 0 Å². The molecular weight excluding hydrogens is 797 g/mol. The maximum Gasteiger partial charge on any atom is 0.167 e. The number of benzene rings is 9. The number of thiophene rings is 2. The normalized spacial score (nSPS) is 12.2. The van der Waals surface area contributed by atoms with Crippen molar-refractivity contribution >= 4 is 118 Å². The van der Waals surface area contributed by atoms with Gasteiger partial charge in [-0.1, -0.05) is 97.1 Å². The van der Waals surface area contributed by atoms with Crippen molar-refractivity contribution in [3.05, 3.63) is 182 Å². The van der Waals surface area contributed by atoms with Crippen LogP contribution in [0.4, 0.5) is 0 Å². The van der Waals surface area contributed by atoms with E-state index >= 15 is 0 Å². The van der Waals surface area contributed by atoms with Crippen molar-refractivity contribution in [3.63, 3.8) is 0 Å². The lowest BCUT2D eigenvalue weighted by Crippen LogP contribution is -2.01. The summed E-state index contributed by atoms with van der Waals surface area (Å²) in [6.45, 7) is 0. The first-order valence-electron chi connectivity index (χ1n) is 20.7. The molecule has 5 heterocycles. The van der Waals surface area contributed by atoms with E-state index in [1.807, 2.05) is 12.1 Å². The van der Waals surface area contributed by atoms with Gasteiger partial charge < -0.3 is 8.98 Å². The van der Waals surface area contributed by atoms with E-state index in [1.165, 1.54) is 61.9 Å². The van der Waals surface area contributed by atoms with Gasteiger partial charge in [-0.2, -0.15) is 0 Å². The Morgan fingerprint density at radius 3 is 1.61 bits per heavy atom. The van der Waals surface area contributed by atoms with Gasteiger partial charge in [-0.05, 0) is 95.7 Å². The number of nitrogens with zero attached hydrogens (tertiary/aromatic N) is 4. The van der Waals surface area contributed by atoms with Crippen LogP contribution in [0.25, 0.3) is 135 Å². The van der Waals surface area contributed by atoms with Crippen molar-refractivity contribution in [2.45, 2.75) is 0 Å². The van der Waals surface area contributed by atoms with Crippen molar-refractivity contribution in [1.82, 2.24) is 19.5 Å². The van der Waals surface area contributed by atoms with Crippen molar-refractivity contribution in [3.8, 4) is 39.9 Å². The Balaban J connectivity index is 1.07. The van der Waals surface area contributed by atoms with Gasteiger partial charge in [-0.15, -0.1) is 22.7 Å². The fourth-order valence-corrected chi connectivity index (χ4v) is 11.7. The van der Waals surface area contributed by atoms with E-state index in [9.17, 15) is 0 Å². The van der Waals surface area contributed by atoms with Crippen LogP contribution in [0.1, 0.15) is 0 Å². The van der Waals surface area contributed by atoms with E-state index < -0.39 is 0 Å². The third-order valence-electron chi connectivity index (χ3n) is 12.4. The zero-order chi connectivity index (χ0) is 40.5. The first-order chi connectivity index (χ1) is 30.7. The van der Waals surface area contributed by atoms with Crippen molar-refractivity contribution in [1.29, 1.82) is 0 Å². The molecule has 0 aliphatic rings. The highest BCUT2D eigenvalue weighted by Crippen LogP contribution is 2.43. The molecule has 0 bridgehead atoms. The van der Waals surface area contributed by atoms with Gasteiger partial charge >= 0.3 is 0 Å². The lowest BCUT2D eigenvalue weighted by Gasteiger charge is -2.13. The number of aromatic nitrogens is 4. The number of hydrogen-bond donors (Lipinski definition) is 0. The minimum atomic E-state index is 0.549. The second kappa shape index (κ2) is 12.9. The molecule has 7 heteroatoms. The summed E-state index contributed by atoms with van der Waals surface area (Å²) in [4.78, 5) is 16.1. The van der Waals surface area contributed by atoms with Crippen LogP contribution in [0.15, 0.2) is 186 Å². The van der Waals surface area contributed by atoms with Gasteiger partial charge in [0.05, 0.1) is 16.6 Å². The summed E-state index contributed by atoms with van der Waals surface area (Å²) in [5.41, 5.74) is 7.47. The number of para-hydroxylation sites is 2. The lowest BCUT2D eigenvalue weighted by atomic mass is 10.1. The molecule has 5 aromatic heterocycles. The maximum absolute atomic E-state index is 6.82. The SMILES string of the molecule is c1ccc2cc3c(cc2c1)c1ccccc1n3-c1cc(-c2nc(-c3ccc4sc5ccccc5c4c3)nc(-c3ccc4sc5ccccc5c4c3)n2)c2oc3ccccc3c2c1. The minimum absolute atomic E-state index is 0.549. The average Bonchev–Trinajstić information content (AvgIpc) is 4.09. The Kier molecular flexibility index (Phi) is 7.08. The molecule has 0 fully saturated rings. The van der Waals surface area contributed by atoms with Crippen LogP contribution >= 0.6 is 22.7 Å². The first-order valence-corrected chi connectivity index (χ1v) is 22.3. The van der Waals surface area contributed by atoms with E-state index in [0.717, 1.165) is 55.3 Å². The molecule has 288 valence electrons. The van der Waals surface area contributed by atoms with Crippen LogP contribution in [0.2, 0.25) is 0 Å². The van der Waals surface area contributed by atoms with Crippen LogP contribution in [-0.4, -0.2) is 19.5 Å². The van der Waals surface area contributed by atoms with E-state index in [-0.39, 0.29) is 0 Å². The largest absolute Gasteiger partial charge is 0.455 e. The number of furan rings is 1. The van der Waals surface area contributed by atoms with Crippen LogP contribution < -0.4 is 0 Å². The summed E-state index contributed by atoms with van der Waals surface area (Å²) in [6.07, 6.45) is 0. The standard InChI is InChI=1S/C55H30N4OS2/c1-2-12-32-28-46-40(25-31(32)11-1)36-13-3-7-17-45(36)59(46)35-29-43-37-14-4-8-18-47(37)60-52(43)44(30-35)55-57-53(33-21-23-50-41(26-33)38-15-5-9-19-48(38)61-50)56-54(58-55)34-22-24-51-42(27-34)39-16-6-10-20-49(39)62-51/h1-30H. The zero-order valence-corrected chi connectivity index (χ0v) is 34.5. The molecule has 9 aromatic carbocycles. The Labute approximate surface area is 361 Å². The molecule has 5 nitrogen and oxygen atoms in total. The van der Waals surface area contributed by atoms with Crippen LogP contribution in [0, 0.1) is 0 Å². The third kappa shape index (κ3) is 5.03.